The van der Waals surface area contributed by atoms with Crippen LogP contribution < -0.4 is 0 Å². The normalized spacial score (nSPS) is 29.5. The predicted octanol–water partition coefficient (Wildman–Crippen LogP) is 0.211. The third-order valence-corrected chi connectivity index (χ3v) is 1.21. The molecule has 0 aliphatic carbocycles. The molecular formula is C8H18O4. The fourth-order valence-corrected chi connectivity index (χ4v) is 0.782. The number of aliphatic hydroxyl groups excluding tert-OH is 1. The van der Waals surface area contributed by atoms with Gasteiger partial charge in [-0.05, 0) is 27.2 Å². The maximum atomic E-state index is 8.68. The minimum atomic E-state index is -1.50. The van der Waals surface area contributed by atoms with E-state index in [9.17, 15) is 0 Å². The van der Waals surface area contributed by atoms with Crippen molar-refractivity contribution in [2.45, 2.75) is 51.8 Å². The highest BCUT2D eigenvalue weighted by atomic mass is 16.6. The Morgan fingerprint density at radius 3 is 1.75 bits per heavy atom. The number of aliphatic hydroxyl groups is 3. The van der Waals surface area contributed by atoms with E-state index in [0.29, 0.717) is 0 Å². The van der Waals surface area contributed by atoms with Crippen LogP contribution >= 0.6 is 0 Å². The molecule has 0 aromatic heterocycles. The Morgan fingerprint density at radius 2 is 1.67 bits per heavy atom. The number of rotatable bonds is 0. The van der Waals surface area contributed by atoms with E-state index in [1.165, 1.54) is 13.8 Å². The van der Waals surface area contributed by atoms with Gasteiger partial charge in [-0.25, -0.2) is 0 Å². The zero-order valence-corrected chi connectivity index (χ0v) is 7.82. The summed E-state index contributed by atoms with van der Waals surface area (Å²) < 4.78 is 4.92. The Kier molecular flexibility index (Phi) is 4.70. The monoisotopic (exact) mass is 178 g/mol. The minimum absolute atomic E-state index is 0.273. The van der Waals surface area contributed by atoms with Crippen LogP contribution in [-0.4, -0.2) is 33.5 Å². The Hall–Kier alpha value is -0.160. The maximum Gasteiger partial charge on any atom is 0.156 e. The highest BCUT2D eigenvalue weighted by Crippen LogP contribution is 2.15. The SMILES string of the molecule is CC(C)(O)O.CC1CCC(O)O1. The fourth-order valence-electron chi connectivity index (χ4n) is 0.782. The maximum absolute atomic E-state index is 8.68. The highest BCUT2D eigenvalue weighted by Gasteiger charge is 2.17. The molecule has 0 aromatic carbocycles. The van der Waals surface area contributed by atoms with Gasteiger partial charge in [0.15, 0.2) is 12.1 Å². The molecule has 2 unspecified atom stereocenters. The van der Waals surface area contributed by atoms with Crippen molar-refractivity contribution in [3.8, 4) is 0 Å². The molecule has 0 saturated carbocycles. The number of hydrogen-bond acceptors (Lipinski definition) is 4. The highest BCUT2D eigenvalue weighted by molar-refractivity contribution is 4.60. The van der Waals surface area contributed by atoms with E-state index in [4.69, 9.17) is 20.1 Å². The number of hydrogen-bond donors (Lipinski definition) is 3. The minimum Gasteiger partial charge on any atom is -0.368 e. The zero-order valence-electron chi connectivity index (χ0n) is 7.82. The summed E-state index contributed by atoms with van der Waals surface area (Å²) in [4.78, 5) is 0. The lowest BCUT2D eigenvalue weighted by atomic mass is 10.3. The van der Waals surface area contributed by atoms with Crippen LogP contribution in [0.25, 0.3) is 0 Å². The first kappa shape index (κ1) is 11.8. The van der Waals surface area contributed by atoms with Crippen LogP contribution in [0.5, 0.6) is 0 Å². The molecule has 12 heavy (non-hydrogen) atoms. The van der Waals surface area contributed by atoms with Crippen molar-refractivity contribution in [2.24, 2.45) is 0 Å². The molecule has 4 nitrogen and oxygen atoms in total. The second kappa shape index (κ2) is 4.77. The van der Waals surface area contributed by atoms with Crippen molar-refractivity contribution in [1.29, 1.82) is 0 Å². The molecule has 1 fully saturated rings. The molecule has 0 bridgehead atoms. The van der Waals surface area contributed by atoms with Crippen LogP contribution in [0.3, 0.4) is 0 Å². The zero-order chi connectivity index (χ0) is 9.78. The molecule has 1 heterocycles. The fraction of sp³-hybridized carbons (Fsp3) is 1.00. The van der Waals surface area contributed by atoms with Crippen LogP contribution in [0, 0.1) is 0 Å². The molecule has 4 heteroatoms. The van der Waals surface area contributed by atoms with E-state index in [-0.39, 0.29) is 6.10 Å². The summed E-state index contributed by atoms with van der Waals surface area (Å²) in [7, 11) is 0. The molecule has 74 valence electrons. The van der Waals surface area contributed by atoms with Gasteiger partial charge in [0.1, 0.15) is 0 Å². The quantitative estimate of drug-likeness (QED) is 0.464. The second-order valence-electron chi connectivity index (χ2n) is 3.47. The van der Waals surface area contributed by atoms with Gasteiger partial charge < -0.3 is 20.1 Å². The van der Waals surface area contributed by atoms with Crippen LogP contribution in [0.4, 0.5) is 0 Å². The predicted molar refractivity (Wildman–Crippen MR) is 44.3 cm³/mol. The van der Waals surface area contributed by atoms with E-state index in [0.717, 1.165) is 12.8 Å². The summed E-state index contributed by atoms with van der Waals surface area (Å²) in [5.74, 6) is -1.50. The van der Waals surface area contributed by atoms with Crippen molar-refractivity contribution >= 4 is 0 Å². The van der Waals surface area contributed by atoms with Crippen LogP contribution in [-0.2, 0) is 4.74 Å². The van der Waals surface area contributed by atoms with Gasteiger partial charge in [0.2, 0.25) is 0 Å². The largest absolute Gasteiger partial charge is 0.368 e. The molecule has 0 aromatic rings. The van der Waals surface area contributed by atoms with E-state index in [1.807, 2.05) is 6.92 Å². The van der Waals surface area contributed by atoms with Crippen molar-refractivity contribution in [3.63, 3.8) is 0 Å². The Bertz CT molecular complexity index is 105. The Balaban J connectivity index is 0.000000217. The van der Waals surface area contributed by atoms with Gasteiger partial charge in [-0.1, -0.05) is 0 Å². The van der Waals surface area contributed by atoms with Gasteiger partial charge in [-0.2, -0.15) is 0 Å². The third-order valence-electron chi connectivity index (χ3n) is 1.21. The molecule has 1 saturated heterocycles. The summed E-state index contributed by atoms with van der Waals surface area (Å²) in [5, 5.41) is 24.8. The first-order valence-corrected chi connectivity index (χ1v) is 4.07. The lowest BCUT2D eigenvalue weighted by molar-refractivity contribution is -0.127. The Morgan fingerprint density at radius 1 is 1.25 bits per heavy atom. The lowest BCUT2D eigenvalue weighted by Crippen LogP contribution is -2.15. The molecular weight excluding hydrogens is 160 g/mol. The smallest absolute Gasteiger partial charge is 0.156 e. The molecule has 1 rings (SSSR count). The second-order valence-corrected chi connectivity index (χ2v) is 3.47. The standard InChI is InChI=1S/C5H10O2.C3H8O2/c1-4-2-3-5(6)7-4;1-3(2,4)5/h4-6H,2-3H2,1H3;4-5H,1-2H3. The molecule has 0 spiro atoms. The van der Waals surface area contributed by atoms with Gasteiger partial charge in [0.25, 0.3) is 0 Å². The van der Waals surface area contributed by atoms with E-state index in [1.54, 1.807) is 0 Å². The summed E-state index contributed by atoms with van der Waals surface area (Å²) >= 11 is 0. The summed E-state index contributed by atoms with van der Waals surface area (Å²) in [6, 6.07) is 0. The van der Waals surface area contributed by atoms with Gasteiger partial charge >= 0.3 is 0 Å². The van der Waals surface area contributed by atoms with Crippen molar-refractivity contribution < 1.29 is 20.1 Å². The van der Waals surface area contributed by atoms with E-state index < -0.39 is 12.1 Å². The van der Waals surface area contributed by atoms with E-state index >= 15 is 0 Å². The van der Waals surface area contributed by atoms with Gasteiger partial charge in [0, 0.05) is 6.42 Å². The molecule has 3 N–H and O–H groups in total. The topological polar surface area (TPSA) is 69.9 Å². The molecule has 0 radical (unpaired) electrons. The van der Waals surface area contributed by atoms with Gasteiger partial charge in [-0.15, -0.1) is 0 Å². The summed E-state index contributed by atoms with van der Waals surface area (Å²) in [5.41, 5.74) is 0. The van der Waals surface area contributed by atoms with Crippen molar-refractivity contribution in [2.75, 3.05) is 0 Å². The molecule has 1 aliphatic heterocycles. The van der Waals surface area contributed by atoms with Crippen LogP contribution in [0.2, 0.25) is 0 Å². The van der Waals surface area contributed by atoms with Gasteiger partial charge in [0.05, 0.1) is 6.10 Å². The summed E-state index contributed by atoms with van der Waals surface area (Å²) in [6.07, 6.45) is 1.60. The molecule has 1 aliphatic rings. The number of ether oxygens (including phenoxy) is 1. The van der Waals surface area contributed by atoms with Crippen molar-refractivity contribution in [1.82, 2.24) is 0 Å². The average Bonchev–Trinajstić information content (AvgIpc) is 2.09. The Labute approximate surface area is 72.8 Å². The first-order valence-electron chi connectivity index (χ1n) is 4.07. The molecule has 2 atom stereocenters. The van der Waals surface area contributed by atoms with Crippen LogP contribution in [0.15, 0.2) is 0 Å². The van der Waals surface area contributed by atoms with Crippen molar-refractivity contribution in [3.05, 3.63) is 0 Å². The lowest BCUT2D eigenvalue weighted by Gasteiger charge is -2.03. The van der Waals surface area contributed by atoms with Crippen LogP contribution in [0.1, 0.15) is 33.6 Å². The summed E-state index contributed by atoms with van der Waals surface area (Å²) in [6.45, 7) is 4.57. The third kappa shape index (κ3) is 9.84. The van der Waals surface area contributed by atoms with Gasteiger partial charge in [-0.3, -0.25) is 0 Å². The van der Waals surface area contributed by atoms with E-state index in [2.05, 4.69) is 0 Å². The first-order chi connectivity index (χ1) is 5.29. The molecule has 0 amide bonds. The average molecular weight is 178 g/mol.